The first-order valence-electron chi connectivity index (χ1n) is 10.5. The molecule has 0 aliphatic carbocycles. The fourth-order valence-corrected chi connectivity index (χ4v) is 3.01. The van der Waals surface area contributed by atoms with Gasteiger partial charge in [-0.15, -0.1) is 0 Å². The summed E-state index contributed by atoms with van der Waals surface area (Å²) in [7, 11) is 3.05. The fourth-order valence-electron chi connectivity index (χ4n) is 3.01. The van der Waals surface area contributed by atoms with E-state index in [1.165, 1.54) is 19.8 Å². The van der Waals surface area contributed by atoms with Gasteiger partial charge in [-0.3, -0.25) is 4.79 Å². The Morgan fingerprint density at radius 1 is 0.909 bits per heavy atom. The highest BCUT2D eigenvalue weighted by molar-refractivity contribution is 5.95. The van der Waals surface area contributed by atoms with Crippen LogP contribution in [-0.2, 0) is 6.61 Å². The van der Waals surface area contributed by atoms with E-state index in [0.717, 1.165) is 11.1 Å². The van der Waals surface area contributed by atoms with E-state index >= 15 is 0 Å². The first-order chi connectivity index (χ1) is 16.0. The molecule has 33 heavy (non-hydrogen) atoms. The van der Waals surface area contributed by atoms with Crippen molar-refractivity contribution in [3.8, 4) is 23.0 Å². The van der Waals surface area contributed by atoms with Gasteiger partial charge < -0.3 is 18.9 Å². The minimum Gasteiger partial charge on any atom is -0.497 e. The lowest BCUT2D eigenvalue weighted by Crippen LogP contribution is -2.17. The number of nitrogens with one attached hydrogen (secondary N) is 1. The number of hydrogen-bond donors (Lipinski definition) is 1. The Labute approximate surface area is 193 Å². The van der Waals surface area contributed by atoms with Crippen LogP contribution in [0.4, 0.5) is 0 Å². The number of benzene rings is 3. The van der Waals surface area contributed by atoms with Crippen molar-refractivity contribution < 1.29 is 23.7 Å². The number of hydrazone groups is 1. The summed E-state index contributed by atoms with van der Waals surface area (Å²) in [6.07, 6.45) is 1.54. The quantitative estimate of drug-likeness (QED) is 0.358. The first-order valence-corrected chi connectivity index (χ1v) is 10.5. The van der Waals surface area contributed by atoms with Gasteiger partial charge in [0.05, 0.1) is 27.0 Å². The lowest BCUT2D eigenvalue weighted by molar-refractivity contribution is 0.0954. The van der Waals surface area contributed by atoms with Gasteiger partial charge in [-0.1, -0.05) is 29.8 Å². The number of amides is 1. The van der Waals surface area contributed by atoms with Crippen molar-refractivity contribution in [2.45, 2.75) is 20.5 Å². The van der Waals surface area contributed by atoms with Gasteiger partial charge in [0.1, 0.15) is 18.1 Å². The van der Waals surface area contributed by atoms with Crippen LogP contribution in [0.15, 0.2) is 65.8 Å². The van der Waals surface area contributed by atoms with Crippen LogP contribution >= 0.6 is 0 Å². The number of nitrogens with zero attached hydrogens (tertiary/aromatic N) is 1. The zero-order chi connectivity index (χ0) is 23.6. The average Bonchev–Trinajstić information content (AvgIpc) is 2.84. The third-order valence-corrected chi connectivity index (χ3v) is 4.78. The number of carbonyl (C=O) groups is 1. The second-order valence-corrected chi connectivity index (χ2v) is 7.21. The minimum atomic E-state index is -0.383. The third kappa shape index (κ3) is 6.74. The lowest BCUT2D eigenvalue weighted by Gasteiger charge is -2.13. The van der Waals surface area contributed by atoms with Crippen molar-refractivity contribution in [1.82, 2.24) is 5.43 Å². The van der Waals surface area contributed by atoms with E-state index in [9.17, 15) is 4.79 Å². The normalized spacial score (nSPS) is 10.7. The van der Waals surface area contributed by atoms with Crippen LogP contribution in [0.25, 0.3) is 0 Å². The summed E-state index contributed by atoms with van der Waals surface area (Å²) >= 11 is 0. The molecule has 0 spiro atoms. The molecular weight excluding hydrogens is 420 g/mol. The maximum Gasteiger partial charge on any atom is 0.271 e. The Morgan fingerprint density at radius 2 is 1.61 bits per heavy atom. The number of carbonyl (C=O) groups excluding carboxylic acids is 1. The second-order valence-electron chi connectivity index (χ2n) is 7.21. The van der Waals surface area contributed by atoms with Gasteiger partial charge in [-0.05, 0) is 55.3 Å². The Bertz CT molecular complexity index is 1090. The molecule has 0 unspecified atom stereocenters. The monoisotopic (exact) mass is 448 g/mol. The Morgan fingerprint density at radius 3 is 2.24 bits per heavy atom. The van der Waals surface area contributed by atoms with Gasteiger partial charge in [0.15, 0.2) is 11.5 Å². The van der Waals surface area contributed by atoms with Crippen LogP contribution in [0, 0.1) is 6.92 Å². The summed E-state index contributed by atoms with van der Waals surface area (Å²) in [5, 5.41) is 4.06. The molecule has 3 aromatic carbocycles. The average molecular weight is 449 g/mol. The van der Waals surface area contributed by atoms with Crippen molar-refractivity contribution >= 4 is 12.1 Å². The van der Waals surface area contributed by atoms with E-state index in [0.29, 0.717) is 41.8 Å². The van der Waals surface area contributed by atoms with Crippen molar-refractivity contribution in [2.24, 2.45) is 5.10 Å². The molecule has 0 aliphatic heterocycles. The van der Waals surface area contributed by atoms with Gasteiger partial charge in [0.2, 0.25) is 0 Å². The topological polar surface area (TPSA) is 78.4 Å². The predicted octanol–water partition coefficient (Wildman–Crippen LogP) is 4.75. The van der Waals surface area contributed by atoms with Gasteiger partial charge in [-0.25, -0.2) is 5.43 Å². The van der Waals surface area contributed by atoms with Gasteiger partial charge in [-0.2, -0.15) is 5.10 Å². The van der Waals surface area contributed by atoms with Gasteiger partial charge in [0, 0.05) is 11.6 Å². The molecule has 3 aromatic rings. The van der Waals surface area contributed by atoms with Crippen molar-refractivity contribution in [3.05, 3.63) is 82.9 Å². The van der Waals surface area contributed by atoms with Crippen LogP contribution in [0.1, 0.15) is 34.0 Å². The zero-order valence-corrected chi connectivity index (χ0v) is 19.3. The maximum atomic E-state index is 12.5. The number of methoxy groups -OCH3 is 2. The molecule has 0 bridgehead atoms. The van der Waals surface area contributed by atoms with Crippen LogP contribution in [0.2, 0.25) is 0 Å². The molecule has 0 saturated heterocycles. The van der Waals surface area contributed by atoms with Crippen LogP contribution in [-0.4, -0.2) is 32.9 Å². The van der Waals surface area contributed by atoms with E-state index in [4.69, 9.17) is 18.9 Å². The number of ether oxygens (including phenoxy) is 4. The molecule has 1 amide bonds. The molecule has 0 fully saturated rings. The van der Waals surface area contributed by atoms with Crippen LogP contribution in [0.5, 0.6) is 23.0 Å². The van der Waals surface area contributed by atoms with Crippen molar-refractivity contribution in [1.29, 1.82) is 0 Å². The van der Waals surface area contributed by atoms with E-state index in [1.807, 2.05) is 44.2 Å². The van der Waals surface area contributed by atoms with Crippen LogP contribution in [0.3, 0.4) is 0 Å². The molecule has 1 N–H and O–H groups in total. The molecule has 172 valence electrons. The molecule has 0 heterocycles. The Balaban J connectivity index is 1.67. The largest absolute Gasteiger partial charge is 0.497 e. The fraction of sp³-hybridized carbons (Fsp3) is 0.231. The predicted molar refractivity (Wildman–Crippen MR) is 128 cm³/mol. The van der Waals surface area contributed by atoms with E-state index in [-0.39, 0.29) is 5.91 Å². The van der Waals surface area contributed by atoms with Crippen LogP contribution < -0.4 is 24.4 Å². The van der Waals surface area contributed by atoms with Gasteiger partial charge in [0.25, 0.3) is 5.91 Å². The highest BCUT2D eigenvalue weighted by Gasteiger charge is 2.10. The van der Waals surface area contributed by atoms with Crippen molar-refractivity contribution in [2.75, 3.05) is 20.8 Å². The summed E-state index contributed by atoms with van der Waals surface area (Å²) in [5.41, 5.74) is 5.92. The molecule has 3 rings (SSSR count). The highest BCUT2D eigenvalue weighted by atomic mass is 16.5. The molecule has 0 aromatic heterocycles. The summed E-state index contributed by atoms with van der Waals surface area (Å²) in [5.74, 6) is 1.91. The summed E-state index contributed by atoms with van der Waals surface area (Å²) in [6, 6.07) is 18.6. The van der Waals surface area contributed by atoms with E-state index in [1.54, 1.807) is 24.4 Å². The zero-order valence-electron chi connectivity index (χ0n) is 19.3. The molecule has 7 heteroatoms. The first kappa shape index (κ1) is 23.7. The second kappa shape index (κ2) is 11.6. The maximum absolute atomic E-state index is 12.5. The highest BCUT2D eigenvalue weighted by Crippen LogP contribution is 2.29. The molecular formula is C26H28N2O5. The lowest BCUT2D eigenvalue weighted by atomic mass is 10.2. The third-order valence-electron chi connectivity index (χ3n) is 4.78. The van der Waals surface area contributed by atoms with Crippen molar-refractivity contribution in [3.63, 3.8) is 0 Å². The molecule has 0 radical (unpaired) electrons. The number of rotatable bonds is 10. The Hall–Kier alpha value is -4.00. The standard InChI is InChI=1S/C26H28N2O5/c1-5-32-25-12-20(10-11-24(25)33-17-19-8-6-18(2)7-9-19)16-27-28-26(29)21-13-22(30-3)15-23(14-21)31-4/h6-16H,5,17H2,1-4H3,(H,28,29)/b27-16-. The van der Waals surface area contributed by atoms with Gasteiger partial charge >= 0.3 is 0 Å². The van der Waals surface area contributed by atoms with E-state index in [2.05, 4.69) is 22.7 Å². The SMILES string of the molecule is CCOc1cc(/C=N\NC(=O)c2cc(OC)cc(OC)c2)ccc1OCc1ccc(C)cc1. The smallest absolute Gasteiger partial charge is 0.271 e. The molecule has 0 atom stereocenters. The summed E-state index contributed by atoms with van der Waals surface area (Å²) in [4.78, 5) is 12.5. The molecule has 0 saturated carbocycles. The number of aryl methyl sites for hydroxylation is 1. The number of hydrogen-bond acceptors (Lipinski definition) is 6. The molecule has 0 aliphatic rings. The Kier molecular flexibility index (Phi) is 8.30. The minimum absolute atomic E-state index is 0.373. The van der Waals surface area contributed by atoms with E-state index < -0.39 is 0 Å². The summed E-state index contributed by atoms with van der Waals surface area (Å²) in [6.45, 7) is 4.89. The summed E-state index contributed by atoms with van der Waals surface area (Å²) < 4.78 is 22.1. The molecule has 7 nitrogen and oxygen atoms in total.